The molecule has 6 nitrogen and oxygen atoms in total. The van der Waals surface area contributed by atoms with Crippen LogP contribution in [0.15, 0.2) is 35.1 Å². The number of carbonyl (C=O) groups excluding carboxylic acids is 1. The molecule has 1 saturated carbocycles. The van der Waals surface area contributed by atoms with Crippen LogP contribution in [0.4, 0.5) is 0 Å². The van der Waals surface area contributed by atoms with Gasteiger partial charge in [0.1, 0.15) is 0 Å². The third-order valence-electron chi connectivity index (χ3n) is 4.67. The number of hydrogen-bond donors (Lipinski definition) is 2. The van der Waals surface area contributed by atoms with Crippen molar-refractivity contribution < 1.29 is 4.79 Å². The molecule has 1 heterocycles. The Morgan fingerprint density at radius 2 is 2.13 bits per heavy atom. The Balaban J connectivity index is 1.62. The van der Waals surface area contributed by atoms with Crippen molar-refractivity contribution in [1.29, 1.82) is 0 Å². The van der Waals surface area contributed by atoms with Gasteiger partial charge in [-0.2, -0.15) is 0 Å². The van der Waals surface area contributed by atoms with Gasteiger partial charge in [-0.3, -0.25) is 9.78 Å². The zero-order valence-corrected chi connectivity index (χ0v) is 13.3. The number of aromatic amines is 1. The maximum absolute atomic E-state index is 12.1. The molecule has 1 aliphatic rings. The van der Waals surface area contributed by atoms with Crippen molar-refractivity contribution in [3.05, 3.63) is 52.2 Å². The van der Waals surface area contributed by atoms with Gasteiger partial charge in [0.05, 0.1) is 0 Å². The number of rotatable bonds is 6. The van der Waals surface area contributed by atoms with E-state index >= 15 is 0 Å². The number of amides is 1. The van der Waals surface area contributed by atoms with Crippen LogP contribution < -0.4 is 11.0 Å². The van der Waals surface area contributed by atoms with Crippen LogP contribution in [0.25, 0.3) is 0 Å². The lowest BCUT2D eigenvalue weighted by Crippen LogP contribution is -2.36. The monoisotopic (exact) mass is 314 g/mol. The number of H-pyrrole nitrogens is 1. The molecule has 23 heavy (non-hydrogen) atoms. The van der Waals surface area contributed by atoms with Gasteiger partial charge >= 0.3 is 5.69 Å². The number of aromatic nitrogens is 3. The molecule has 1 unspecified atom stereocenters. The normalized spacial score (nSPS) is 15.9. The molecule has 1 aliphatic carbocycles. The first-order valence-electron chi connectivity index (χ1n) is 8.09. The summed E-state index contributed by atoms with van der Waals surface area (Å²) in [6, 6.07) is 10.4. The van der Waals surface area contributed by atoms with Gasteiger partial charge < -0.3 is 5.32 Å². The minimum absolute atomic E-state index is 0.0737. The molecule has 0 saturated heterocycles. The highest BCUT2D eigenvalue weighted by Crippen LogP contribution is 2.35. The standard InChI is InChI=1S/C17H22N4O2/c1-21-17(23)19-15(20-21)16(22)18-11-14(13-8-5-9-13)10-12-6-3-2-4-7-12/h2-4,6-7,13-14H,5,8-11H2,1H3,(H,18,22)(H,19,20,23). The van der Waals surface area contributed by atoms with Crippen LogP contribution in [0, 0.1) is 11.8 Å². The summed E-state index contributed by atoms with van der Waals surface area (Å²) in [6.45, 7) is 0.608. The number of nitrogens with zero attached hydrogens (tertiary/aromatic N) is 2. The summed E-state index contributed by atoms with van der Waals surface area (Å²) < 4.78 is 1.13. The molecule has 1 aromatic carbocycles. The van der Waals surface area contributed by atoms with E-state index in [9.17, 15) is 9.59 Å². The van der Waals surface area contributed by atoms with Crippen molar-refractivity contribution in [2.45, 2.75) is 25.7 Å². The van der Waals surface area contributed by atoms with E-state index in [0.717, 1.165) is 11.1 Å². The van der Waals surface area contributed by atoms with Gasteiger partial charge in [-0.05, 0) is 23.8 Å². The van der Waals surface area contributed by atoms with E-state index in [-0.39, 0.29) is 17.4 Å². The second-order valence-corrected chi connectivity index (χ2v) is 6.25. The molecule has 0 spiro atoms. The summed E-state index contributed by atoms with van der Waals surface area (Å²) in [6.07, 6.45) is 4.70. The second kappa shape index (κ2) is 6.81. The molecule has 3 rings (SSSR count). The molecule has 0 bridgehead atoms. The highest BCUT2D eigenvalue weighted by Gasteiger charge is 2.28. The van der Waals surface area contributed by atoms with Crippen molar-refractivity contribution in [3.63, 3.8) is 0 Å². The zero-order chi connectivity index (χ0) is 16.2. The number of carbonyl (C=O) groups is 1. The molecule has 1 fully saturated rings. The number of aryl methyl sites for hydroxylation is 1. The smallest absolute Gasteiger partial charge is 0.343 e. The Labute approximate surface area is 134 Å². The fourth-order valence-corrected chi connectivity index (χ4v) is 3.05. The number of nitrogens with one attached hydrogen (secondary N) is 2. The van der Waals surface area contributed by atoms with Crippen LogP contribution in [-0.2, 0) is 13.5 Å². The topological polar surface area (TPSA) is 79.8 Å². The fraction of sp³-hybridized carbons (Fsp3) is 0.471. The van der Waals surface area contributed by atoms with Crippen molar-refractivity contribution >= 4 is 5.91 Å². The number of benzene rings is 1. The largest absolute Gasteiger partial charge is 0.349 e. The Kier molecular flexibility index (Phi) is 4.60. The van der Waals surface area contributed by atoms with Crippen LogP contribution in [0.1, 0.15) is 35.4 Å². The van der Waals surface area contributed by atoms with Gasteiger partial charge in [0.2, 0.25) is 5.82 Å². The van der Waals surface area contributed by atoms with Crippen molar-refractivity contribution in [3.8, 4) is 0 Å². The second-order valence-electron chi connectivity index (χ2n) is 6.25. The van der Waals surface area contributed by atoms with E-state index < -0.39 is 0 Å². The first-order valence-corrected chi connectivity index (χ1v) is 8.09. The Hall–Kier alpha value is -2.37. The lowest BCUT2D eigenvalue weighted by Gasteiger charge is -2.34. The highest BCUT2D eigenvalue weighted by molar-refractivity contribution is 5.90. The van der Waals surface area contributed by atoms with Crippen molar-refractivity contribution in [2.24, 2.45) is 18.9 Å². The molecule has 2 N–H and O–H groups in total. The summed E-state index contributed by atoms with van der Waals surface area (Å²) >= 11 is 0. The van der Waals surface area contributed by atoms with Crippen LogP contribution in [0.5, 0.6) is 0 Å². The molecule has 1 aromatic heterocycles. The third-order valence-corrected chi connectivity index (χ3v) is 4.67. The van der Waals surface area contributed by atoms with E-state index in [2.05, 4.69) is 27.5 Å². The summed E-state index contributed by atoms with van der Waals surface area (Å²) in [5, 5.41) is 6.81. The number of hydrogen-bond acceptors (Lipinski definition) is 3. The van der Waals surface area contributed by atoms with Gasteiger partial charge in [0.25, 0.3) is 5.91 Å². The Bertz CT molecular complexity index is 716. The van der Waals surface area contributed by atoms with Crippen LogP contribution >= 0.6 is 0 Å². The zero-order valence-electron chi connectivity index (χ0n) is 13.3. The molecular formula is C17H22N4O2. The maximum atomic E-state index is 12.1. The fourth-order valence-electron chi connectivity index (χ4n) is 3.05. The first-order chi connectivity index (χ1) is 11.1. The van der Waals surface area contributed by atoms with E-state index in [4.69, 9.17) is 0 Å². The molecule has 0 radical (unpaired) electrons. The van der Waals surface area contributed by atoms with Crippen molar-refractivity contribution in [1.82, 2.24) is 20.1 Å². The molecule has 1 amide bonds. The minimum atomic E-state index is -0.380. The molecule has 1 atom stereocenters. The average molecular weight is 314 g/mol. The van der Waals surface area contributed by atoms with Crippen LogP contribution in [0.2, 0.25) is 0 Å². The van der Waals surface area contributed by atoms with Crippen LogP contribution in [-0.4, -0.2) is 27.2 Å². The van der Waals surface area contributed by atoms with Crippen LogP contribution in [0.3, 0.4) is 0 Å². The quantitative estimate of drug-likeness (QED) is 0.848. The maximum Gasteiger partial charge on any atom is 0.343 e. The van der Waals surface area contributed by atoms with Crippen molar-refractivity contribution in [2.75, 3.05) is 6.54 Å². The molecule has 0 aliphatic heterocycles. The molecule has 122 valence electrons. The summed E-state index contributed by atoms with van der Waals surface area (Å²) in [5.41, 5.74) is 0.917. The Morgan fingerprint density at radius 1 is 1.39 bits per heavy atom. The molecule has 6 heteroatoms. The van der Waals surface area contributed by atoms with Gasteiger partial charge in [0, 0.05) is 13.6 Å². The summed E-state index contributed by atoms with van der Waals surface area (Å²) in [5.74, 6) is 0.841. The first kappa shape index (κ1) is 15.5. The van der Waals surface area contributed by atoms with E-state index in [1.165, 1.54) is 31.9 Å². The van der Waals surface area contributed by atoms with E-state index in [0.29, 0.717) is 18.4 Å². The van der Waals surface area contributed by atoms with Gasteiger partial charge in [0.15, 0.2) is 0 Å². The lowest BCUT2D eigenvalue weighted by atomic mass is 9.73. The predicted molar refractivity (Wildman–Crippen MR) is 87.1 cm³/mol. The molecule has 2 aromatic rings. The minimum Gasteiger partial charge on any atom is -0.349 e. The average Bonchev–Trinajstić information content (AvgIpc) is 2.83. The third kappa shape index (κ3) is 3.70. The summed E-state index contributed by atoms with van der Waals surface area (Å²) in [7, 11) is 1.52. The predicted octanol–water partition coefficient (Wildman–Crippen LogP) is 1.50. The lowest BCUT2D eigenvalue weighted by molar-refractivity contribution is 0.0921. The summed E-state index contributed by atoms with van der Waals surface area (Å²) in [4.78, 5) is 26.0. The highest BCUT2D eigenvalue weighted by atomic mass is 16.2. The van der Waals surface area contributed by atoms with E-state index in [1.54, 1.807) is 0 Å². The van der Waals surface area contributed by atoms with E-state index in [1.807, 2.05) is 18.2 Å². The van der Waals surface area contributed by atoms with Gasteiger partial charge in [-0.1, -0.05) is 49.6 Å². The molecular weight excluding hydrogens is 292 g/mol. The van der Waals surface area contributed by atoms with Gasteiger partial charge in [-0.15, -0.1) is 5.10 Å². The Morgan fingerprint density at radius 3 is 2.70 bits per heavy atom. The van der Waals surface area contributed by atoms with Gasteiger partial charge in [-0.25, -0.2) is 9.48 Å². The SMILES string of the molecule is Cn1nc(C(=O)NCC(Cc2ccccc2)C2CCC2)[nH]c1=O.